The molecule has 0 saturated carbocycles. The van der Waals surface area contributed by atoms with Crippen LogP contribution in [-0.4, -0.2) is 41.0 Å². The molecule has 0 radical (unpaired) electrons. The molecular weight excluding hydrogens is 790 g/mol. The molecule has 0 aliphatic heterocycles. The zero-order valence-electron chi connectivity index (χ0n) is 30.4. The van der Waals surface area contributed by atoms with Gasteiger partial charge in [0.15, 0.2) is 10.7 Å². The summed E-state index contributed by atoms with van der Waals surface area (Å²) < 4.78 is 9.35. The van der Waals surface area contributed by atoms with Gasteiger partial charge in [0.2, 0.25) is 5.82 Å². The fourth-order valence-corrected chi connectivity index (χ4v) is 8.21. The van der Waals surface area contributed by atoms with E-state index in [1.165, 1.54) is 0 Å². The van der Waals surface area contributed by atoms with Crippen LogP contribution in [0.1, 0.15) is 53.5 Å². The number of halogens is 2. The molecule has 0 bridgehead atoms. The SMILES string of the molecule is CCCCc1nc(Cl)c(CNC(=O)O)n1Cc1ccc2oc(-c3ccccc3-c3nnn(C(c4ccccc4)(c4ccccc4)c4ccccc4)n3)c(Br)c2c1. The third-order valence-electron chi connectivity index (χ3n) is 10.00. The van der Waals surface area contributed by atoms with Crippen LogP contribution in [0, 0.1) is 0 Å². The first-order valence-corrected chi connectivity index (χ1v) is 19.5. The van der Waals surface area contributed by atoms with E-state index >= 15 is 0 Å². The molecular formula is C44H37BrClN7O3. The van der Waals surface area contributed by atoms with E-state index < -0.39 is 11.6 Å². The number of hydrogen-bond donors (Lipinski definition) is 2. The van der Waals surface area contributed by atoms with Crippen LogP contribution in [0.4, 0.5) is 4.79 Å². The molecule has 0 spiro atoms. The maximum absolute atomic E-state index is 11.4. The van der Waals surface area contributed by atoms with Gasteiger partial charge in [-0.05, 0) is 62.0 Å². The molecule has 1 amide bonds. The van der Waals surface area contributed by atoms with Crippen LogP contribution in [0.3, 0.4) is 0 Å². The van der Waals surface area contributed by atoms with Gasteiger partial charge in [-0.15, -0.1) is 15.0 Å². The molecule has 5 aromatic carbocycles. The minimum Gasteiger partial charge on any atom is -0.465 e. The van der Waals surface area contributed by atoms with Crippen molar-refractivity contribution < 1.29 is 14.3 Å². The summed E-state index contributed by atoms with van der Waals surface area (Å²) in [6, 6.07) is 44.7. The number of rotatable bonds is 13. The number of tetrazole rings is 1. The van der Waals surface area contributed by atoms with Crippen LogP contribution in [0.25, 0.3) is 33.7 Å². The van der Waals surface area contributed by atoms with Gasteiger partial charge in [0.25, 0.3) is 0 Å². The van der Waals surface area contributed by atoms with Crippen molar-refractivity contribution in [3.05, 3.63) is 177 Å². The summed E-state index contributed by atoms with van der Waals surface area (Å²) in [5.41, 5.74) is 5.91. The third-order valence-corrected chi connectivity index (χ3v) is 11.1. The van der Waals surface area contributed by atoms with E-state index in [0.717, 1.165) is 68.3 Å². The van der Waals surface area contributed by atoms with E-state index in [4.69, 9.17) is 31.4 Å². The number of aromatic nitrogens is 6. The monoisotopic (exact) mass is 825 g/mol. The van der Waals surface area contributed by atoms with Gasteiger partial charge in [-0.1, -0.05) is 146 Å². The van der Waals surface area contributed by atoms with Gasteiger partial charge in [0.1, 0.15) is 17.2 Å². The number of carbonyl (C=O) groups is 1. The number of aryl methyl sites for hydroxylation is 1. The average molecular weight is 827 g/mol. The molecule has 0 aliphatic carbocycles. The molecule has 12 heteroatoms. The van der Waals surface area contributed by atoms with Crippen LogP contribution in [0.2, 0.25) is 5.15 Å². The van der Waals surface area contributed by atoms with Crippen LogP contribution in [0.15, 0.2) is 142 Å². The van der Waals surface area contributed by atoms with Crippen LogP contribution in [0.5, 0.6) is 0 Å². The van der Waals surface area contributed by atoms with Gasteiger partial charge in [-0.25, -0.2) is 9.78 Å². The smallest absolute Gasteiger partial charge is 0.404 e. The topological polar surface area (TPSA) is 124 Å². The van der Waals surface area contributed by atoms with Gasteiger partial charge < -0.3 is 19.4 Å². The van der Waals surface area contributed by atoms with Crippen LogP contribution >= 0.6 is 27.5 Å². The lowest BCUT2D eigenvalue weighted by Crippen LogP contribution is -2.39. The van der Waals surface area contributed by atoms with E-state index in [-0.39, 0.29) is 6.54 Å². The molecule has 56 heavy (non-hydrogen) atoms. The van der Waals surface area contributed by atoms with Crippen molar-refractivity contribution in [1.82, 2.24) is 35.1 Å². The second-order valence-corrected chi connectivity index (χ2v) is 14.6. The van der Waals surface area contributed by atoms with Crippen molar-refractivity contribution >= 4 is 44.6 Å². The summed E-state index contributed by atoms with van der Waals surface area (Å²) >= 11 is 10.4. The minimum atomic E-state index is -1.12. The number of hydrogen-bond acceptors (Lipinski definition) is 6. The lowest BCUT2D eigenvalue weighted by atomic mass is 9.77. The van der Waals surface area contributed by atoms with E-state index in [2.05, 4.69) is 75.6 Å². The number of imidazole rings is 1. The maximum Gasteiger partial charge on any atom is 0.404 e. The first-order chi connectivity index (χ1) is 27.4. The molecule has 8 rings (SSSR count). The fraction of sp³-hybridized carbons (Fsp3) is 0.159. The molecule has 10 nitrogen and oxygen atoms in total. The zero-order chi connectivity index (χ0) is 38.6. The highest BCUT2D eigenvalue weighted by molar-refractivity contribution is 9.10. The van der Waals surface area contributed by atoms with Gasteiger partial charge in [0.05, 0.1) is 16.7 Å². The molecule has 280 valence electrons. The molecule has 3 aromatic heterocycles. The largest absolute Gasteiger partial charge is 0.465 e. The highest BCUT2D eigenvalue weighted by Gasteiger charge is 2.41. The Morgan fingerprint density at radius 3 is 2.07 bits per heavy atom. The first kappa shape index (κ1) is 36.9. The molecule has 0 unspecified atom stereocenters. The van der Waals surface area contributed by atoms with Gasteiger partial charge in [-0.2, -0.15) is 0 Å². The second-order valence-electron chi connectivity index (χ2n) is 13.4. The molecule has 8 aromatic rings. The number of benzene rings is 5. The Bertz CT molecular complexity index is 2530. The summed E-state index contributed by atoms with van der Waals surface area (Å²) in [4.78, 5) is 17.7. The number of furan rings is 1. The van der Waals surface area contributed by atoms with E-state index in [1.54, 1.807) is 4.80 Å². The molecule has 3 heterocycles. The number of carboxylic acid groups (broad SMARTS) is 1. The molecule has 2 N–H and O–H groups in total. The number of nitrogens with zero attached hydrogens (tertiary/aromatic N) is 6. The van der Waals surface area contributed by atoms with E-state index in [1.807, 2.05) is 95.6 Å². The van der Waals surface area contributed by atoms with Crippen molar-refractivity contribution in [1.29, 1.82) is 0 Å². The van der Waals surface area contributed by atoms with Crippen LogP contribution < -0.4 is 5.32 Å². The van der Waals surface area contributed by atoms with Gasteiger partial charge in [-0.3, -0.25) is 0 Å². The van der Waals surface area contributed by atoms with E-state index in [9.17, 15) is 9.90 Å². The Morgan fingerprint density at radius 2 is 1.46 bits per heavy atom. The average Bonchev–Trinajstić information content (AvgIpc) is 3.93. The summed E-state index contributed by atoms with van der Waals surface area (Å²) in [5, 5.41) is 27.5. The highest BCUT2D eigenvalue weighted by Crippen LogP contribution is 2.43. The number of nitrogens with one attached hydrogen (secondary N) is 1. The molecule has 0 atom stereocenters. The number of amides is 1. The lowest BCUT2D eigenvalue weighted by molar-refractivity contribution is 0.193. The zero-order valence-corrected chi connectivity index (χ0v) is 32.8. The normalized spacial score (nSPS) is 11.6. The quantitative estimate of drug-likeness (QED) is 0.111. The predicted octanol–water partition coefficient (Wildman–Crippen LogP) is 10.4. The highest BCUT2D eigenvalue weighted by atomic mass is 79.9. The Balaban J connectivity index is 1.20. The van der Waals surface area contributed by atoms with Crippen LogP contribution in [-0.2, 0) is 25.0 Å². The van der Waals surface area contributed by atoms with Gasteiger partial charge >= 0.3 is 6.09 Å². The summed E-state index contributed by atoms with van der Waals surface area (Å²) in [6.07, 6.45) is 1.53. The molecule has 0 fully saturated rings. The maximum atomic E-state index is 11.4. The summed E-state index contributed by atoms with van der Waals surface area (Å²) in [6.45, 7) is 2.62. The van der Waals surface area contributed by atoms with Crippen molar-refractivity contribution in [3.63, 3.8) is 0 Å². The van der Waals surface area contributed by atoms with E-state index in [0.29, 0.717) is 34.6 Å². The van der Waals surface area contributed by atoms with Crippen molar-refractivity contribution in [3.8, 4) is 22.7 Å². The Morgan fingerprint density at radius 1 is 0.857 bits per heavy atom. The Labute approximate surface area is 336 Å². The fourth-order valence-electron chi connectivity index (χ4n) is 7.34. The predicted molar refractivity (Wildman–Crippen MR) is 221 cm³/mol. The first-order valence-electron chi connectivity index (χ1n) is 18.4. The lowest BCUT2D eigenvalue weighted by Gasteiger charge is -2.34. The minimum absolute atomic E-state index is 0.0493. The number of unbranched alkanes of at least 4 members (excludes halogenated alkanes) is 1. The third kappa shape index (κ3) is 6.88. The summed E-state index contributed by atoms with van der Waals surface area (Å²) in [7, 11) is 0. The van der Waals surface area contributed by atoms with Crippen molar-refractivity contribution in [2.24, 2.45) is 0 Å². The second kappa shape index (κ2) is 16.0. The standard InChI is InChI=1S/C44H37BrClN7O3/c1-2-3-23-38-48-41(46)36(27-47-43(54)55)52(38)28-29-24-25-37-35(26-29)39(45)40(56-37)33-21-13-14-22-34(33)42-49-51-53(50-42)44(30-15-7-4-8-16-30,31-17-9-5-10-18-31)32-19-11-6-12-20-32/h4-22,24-26,47H,2-3,23,27-28H2,1H3,(H,54,55). The van der Waals surface area contributed by atoms with Gasteiger partial charge in [0, 0.05) is 29.5 Å². The van der Waals surface area contributed by atoms with Crippen molar-refractivity contribution in [2.45, 2.75) is 44.8 Å². The number of fused-ring (bicyclic) bond motifs is 1. The van der Waals surface area contributed by atoms with Crippen molar-refractivity contribution in [2.75, 3.05) is 0 Å². The Hall–Kier alpha value is -6.04. The molecule has 0 saturated heterocycles. The summed E-state index contributed by atoms with van der Waals surface area (Å²) in [5.74, 6) is 1.89. The molecule has 0 aliphatic rings. The Kier molecular flexibility index (Phi) is 10.5.